The van der Waals surface area contributed by atoms with Gasteiger partial charge in [0.05, 0.1) is 5.69 Å². The fraction of sp³-hybridized carbons (Fsp3) is 0.133. The van der Waals surface area contributed by atoms with E-state index in [9.17, 15) is 9.18 Å². The largest absolute Gasteiger partial charge is 0.508 e. The monoisotopic (exact) mass is 259 g/mol. The molecule has 2 N–H and O–H groups in total. The van der Waals surface area contributed by atoms with Gasteiger partial charge < -0.3 is 10.4 Å². The van der Waals surface area contributed by atoms with Crippen molar-refractivity contribution >= 4 is 11.6 Å². The molecule has 2 rings (SSSR count). The fourth-order valence-corrected chi connectivity index (χ4v) is 1.79. The van der Waals surface area contributed by atoms with Crippen LogP contribution in [0.2, 0.25) is 0 Å². The Kier molecular flexibility index (Phi) is 3.51. The van der Waals surface area contributed by atoms with Crippen molar-refractivity contribution in [1.29, 1.82) is 0 Å². The molecule has 0 aliphatic rings. The highest BCUT2D eigenvalue weighted by atomic mass is 19.1. The maximum absolute atomic E-state index is 13.5. The summed E-state index contributed by atoms with van der Waals surface area (Å²) in [5.41, 5.74) is 2.41. The zero-order chi connectivity index (χ0) is 14.0. The Balaban J connectivity index is 2.28. The van der Waals surface area contributed by atoms with Crippen LogP contribution in [0.15, 0.2) is 36.4 Å². The number of aryl methyl sites for hydroxylation is 1. The molecule has 0 unspecified atom stereocenters. The first-order valence-electron chi connectivity index (χ1n) is 5.85. The number of aromatic hydroxyl groups is 1. The minimum atomic E-state index is -0.668. The normalized spacial score (nSPS) is 10.3. The maximum atomic E-state index is 13.5. The van der Waals surface area contributed by atoms with E-state index in [-0.39, 0.29) is 17.3 Å². The molecular weight excluding hydrogens is 245 g/mol. The first-order valence-corrected chi connectivity index (χ1v) is 5.85. The smallest absolute Gasteiger partial charge is 0.256 e. The van der Waals surface area contributed by atoms with Crippen molar-refractivity contribution in [1.82, 2.24) is 0 Å². The third-order valence-corrected chi connectivity index (χ3v) is 3.05. The van der Waals surface area contributed by atoms with Crippen LogP contribution < -0.4 is 5.32 Å². The van der Waals surface area contributed by atoms with E-state index in [2.05, 4.69) is 5.32 Å². The molecule has 2 aromatic rings. The Labute approximate surface area is 110 Å². The van der Waals surface area contributed by atoms with Crippen molar-refractivity contribution in [2.75, 3.05) is 5.32 Å². The van der Waals surface area contributed by atoms with Crippen LogP contribution in [0.25, 0.3) is 0 Å². The molecule has 0 atom stereocenters. The van der Waals surface area contributed by atoms with Crippen molar-refractivity contribution in [3.05, 3.63) is 58.9 Å². The fourth-order valence-electron chi connectivity index (χ4n) is 1.79. The molecule has 19 heavy (non-hydrogen) atoms. The highest BCUT2D eigenvalue weighted by Gasteiger charge is 2.12. The number of anilines is 1. The lowest BCUT2D eigenvalue weighted by Gasteiger charge is -2.10. The summed E-state index contributed by atoms with van der Waals surface area (Å²) in [7, 11) is 0. The molecule has 1 amide bonds. The lowest BCUT2D eigenvalue weighted by atomic mass is 10.0. The molecule has 3 nitrogen and oxygen atoms in total. The second-order valence-electron chi connectivity index (χ2n) is 4.37. The van der Waals surface area contributed by atoms with Gasteiger partial charge in [0.1, 0.15) is 11.6 Å². The van der Waals surface area contributed by atoms with Crippen molar-refractivity contribution in [2.45, 2.75) is 13.8 Å². The summed E-state index contributed by atoms with van der Waals surface area (Å²) < 4.78 is 13.5. The summed E-state index contributed by atoms with van der Waals surface area (Å²) >= 11 is 0. The van der Waals surface area contributed by atoms with E-state index in [1.165, 1.54) is 12.1 Å². The zero-order valence-electron chi connectivity index (χ0n) is 10.7. The number of halogens is 1. The molecule has 0 spiro atoms. The van der Waals surface area contributed by atoms with Gasteiger partial charge in [0.25, 0.3) is 5.91 Å². The van der Waals surface area contributed by atoms with Gasteiger partial charge in [0, 0.05) is 11.6 Å². The second kappa shape index (κ2) is 5.10. The minimum absolute atomic E-state index is 0.0451. The summed E-state index contributed by atoms with van der Waals surface area (Å²) in [5.74, 6) is -1.22. The van der Waals surface area contributed by atoms with Gasteiger partial charge in [0.15, 0.2) is 0 Å². The molecule has 0 aliphatic heterocycles. The average Bonchev–Trinajstić information content (AvgIpc) is 2.36. The Morgan fingerprint density at radius 1 is 1.21 bits per heavy atom. The third kappa shape index (κ3) is 2.73. The van der Waals surface area contributed by atoms with Gasteiger partial charge in [-0.05, 0) is 43.2 Å². The quantitative estimate of drug-likeness (QED) is 0.812. The van der Waals surface area contributed by atoms with Gasteiger partial charge in [-0.1, -0.05) is 12.1 Å². The van der Waals surface area contributed by atoms with Crippen LogP contribution >= 0.6 is 0 Å². The number of hydrogen-bond donors (Lipinski definition) is 2. The van der Waals surface area contributed by atoms with Gasteiger partial charge in [-0.25, -0.2) is 4.39 Å². The number of phenolic OH excluding ortho intramolecular Hbond substituents is 1. The molecule has 0 saturated carbocycles. The molecule has 0 aliphatic carbocycles. The Bertz CT molecular complexity index is 638. The number of phenols is 1. The first-order chi connectivity index (χ1) is 8.99. The number of hydrogen-bond acceptors (Lipinski definition) is 2. The molecule has 0 aromatic heterocycles. The van der Waals surface area contributed by atoms with Gasteiger partial charge in [0.2, 0.25) is 0 Å². The number of rotatable bonds is 2. The highest BCUT2D eigenvalue weighted by molar-refractivity contribution is 6.05. The van der Waals surface area contributed by atoms with Crippen LogP contribution in [0, 0.1) is 19.7 Å². The zero-order valence-corrected chi connectivity index (χ0v) is 10.7. The van der Waals surface area contributed by atoms with Crippen molar-refractivity contribution < 1.29 is 14.3 Å². The predicted molar refractivity (Wildman–Crippen MR) is 71.9 cm³/mol. The Hall–Kier alpha value is -2.36. The van der Waals surface area contributed by atoms with Gasteiger partial charge in [-0.2, -0.15) is 0 Å². The molecule has 98 valence electrons. The highest BCUT2D eigenvalue weighted by Crippen LogP contribution is 2.21. The van der Waals surface area contributed by atoms with Crippen molar-refractivity contribution in [3.8, 4) is 5.75 Å². The second-order valence-corrected chi connectivity index (χ2v) is 4.37. The van der Waals surface area contributed by atoms with E-state index >= 15 is 0 Å². The van der Waals surface area contributed by atoms with Gasteiger partial charge >= 0.3 is 0 Å². The van der Waals surface area contributed by atoms with E-state index in [1.54, 1.807) is 12.1 Å². The summed E-state index contributed by atoms with van der Waals surface area (Å²) in [6.07, 6.45) is 0. The minimum Gasteiger partial charge on any atom is -0.508 e. The van der Waals surface area contributed by atoms with Crippen LogP contribution in [-0.2, 0) is 0 Å². The molecule has 2 aromatic carbocycles. The Morgan fingerprint density at radius 2 is 1.95 bits per heavy atom. The molecule has 0 bridgehead atoms. The van der Waals surface area contributed by atoms with E-state index in [0.717, 1.165) is 17.2 Å². The standard InChI is InChI=1S/C15H14FNO2/c1-9-4-3-5-12(10(9)2)15(19)17-14-7-6-11(18)8-13(14)16/h3-8,18H,1-2H3,(H,17,19). The Morgan fingerprint density at radius 3 is 2.63 bits per heavy atom. The van der Waals surface area contributed by atoms with Gasteiger partial charge in [-0.15, -0.1) is 0 Å². The van der Waals surface area contributed by atoms with E-state index in [0.29, 0.717) is 5.56 Å². The van der Waals surface area contributed by atoms with E-state index in [1.807, 2.05) is 19.9 Å². The summed E-state index contributed by atoms with van der Waals surface area (Å²) in [6.45, 7) is 3.75. The molecule has 0 saturated heterocycles. The number of carbonyl (C=O) groups excluding carboxylic acids is 1. The van der Waals surface area contributed by atoms with E-state index < -0.39 is 5.82 Å². The number of benzene rings is 2. The summed E-state index contributed by atoms with van der Waals surface area (Å²) in [4.78, 5) is 12.1. The molecule has 0 radical (unpaired) electrons. The van der Waals surface area contributed by atoms with Crippen LogP contribution in [-0.4, -0.2) is 11.0 Å². The van der Waals surface area contributed by atoms with Crippen molar-refractivity contribution in [2.24, 2.45) is 0 Å². The van der Waals surface area contributed by atoms with Crippen LogP contribution in [0.3, 0.4) is 0 Å². The van der Waals surface area contributed by atoms with Crippen molar-refractivity contribution in [3.63, 3.8) is 0 Å². The molecule has 0 fully saturated rings. The number of carbonyl (C=O) groups is 1. The van der Waals surface area contributed by atoms with Gasteiger partial charge in [-0.3, -0.25) is 4.79 Å². The molecular formula is C15H14FNO2. The third-order valence-electron chi connectivity index (χ3n) is 3.05. The van der Waals surface area contributed by atoms with E-state index in [4.69, 9.17) is 5.11 Å². The van der Waals surface area contributed by atoms with Crippen LogP contribution in [0.1, 0.15) is 21.5 Å². The molecule has 4 heteroatoms. The topological polar surface area (TPSA) is 49.3 Å². The lowest BCUT2D eigenvalue weighted by molar-refractivity contribution is 0.102. The first kappa shape index (κ1) is 13.1. The maximum Gasteiger partial charge on any atom is 0.256 e. The molecule has 0 heterocycles. The lowest BCUT2D eigenvalue weighted by Crippen LogP contribution is -2.14. The number of amides is 1. The number of nitrogens with one attached hydrogen (secondary N) is 1. The average molecular weight is 259 g/mol. The summed E-state index contributed by atoms with van der Waals surface area (Å²) in [6, 6.07) is 8.99. The SMILES string of the molecule is Cc1cccc(C(=O)Nc2ccc(O)cc2F)c1C. The van der Waals surface area contributed by atoms with Crippen LogP contribution in [0.4, 0.5) is 10.1 Å². The predicted octanol–water partition coefficient (Wildman–Crippen LogP) is 3.40. The van der Waals surface area contributed by atoms with Crippen LogP contribution in [0.5, 0.6) is 5.75 Å². The summed E-state index contributed by atoms with van der Waals surface area (Å²) in [5, 5.41) is 11.6.